The van der Waals surface area contributed by atoms with Gasteiger partial charge in [-0.25, -0.2) is 0 Å². The third kappa shape index (κ3) is 1.76. The maximum absolute atomic E-state index is 5.45. The molecule has 0 aliphatic heterocycles. The van der Waals surface area contributed by atoms with Crippen molar-refractivity contribution in [2.75, 3.05) is 6.61 Å². The van der Waals surface area contributed by atoms with E-state index in [0.29, 0.717) is 12.5 Å². The summed E-state index contributed by atoms with van der Waals surface area (Å²) in [4.78, 5) is 0. The lowest BCUT2D eigenvalue weighted by atomic mass is 10.1. The van der Waals surface area contributed by atoms with Gasteiger partial charge < -0.3 is 10.9 Å². The Bertz CT molecular complexity index is 488. The first-order valence-corrected chi connectivity index (χ1v) is 5.49. The van der Waals surface area contributed by atoms with Crippen LogP contribution in [0.3, 0.4) is 0 Å². The molecule has 86 valence electrons. The van der Waals surface area contributed by atoms with Gasteiger partial charge in [0, 0.05) is 23.1 Å². The van der Waals surface area contributed by atoms with Gasteiger partial charge in [-0.05, 0) is 31.9 Å². The fourth-order valence-corrected chi connectivity index (χ4v) is 1.95. The van der Waals surface area contributed by atoms with Crippen molar-refractivity contribution in [1.82, 2.24) is 16.3 Å². The van der Waals surface area contributed by atoms with E-state index in [1.54, 1.807) is 0 Å². The van der Waals surface area contributed by atoms with Gasteiger partial charge >= 0.3 is 0 Å². The predicted octanol–water partition coefficient (Wildman–Crippen LogP) is 3.00. The smallest absolute Gasteiger partial charge is 0.121 e. The quantitative estimate of drug-likeness (QED) is 0.833. The van der Waals surface area contributed by atoms with Crippen molar-refractivity contribution in [3.63, 3.8) is 0 Å². The van der Waals surface area contributed by atoms with Crippen molar-refractivity contribution in [2.24, 2.45) is 0 Å². The van der Waals surface area contributed by atoms with E-state index in [2.05, 4.69) is 16.3 Å². The number of H-pyrrole nitrogens is 1. The molecule has 3 rings (SSSR count). The van der Waals surface area contributed by atoms with Crippen molar-refractivity contribution in [3.8, 4) is 5.75 Å². The summed E-state index contributed by atoms with van der Waals surface area (Å²) >= 11 is 0. The summed E-state index contributed by atoms with van der Waals surface area (Å²) in [6.45, 7) is 2.69. The summed E-state index contributed by atoms with van der Waals surface area (Å²) in [6.07, 6.45) is 2.59. The Kier molecular flexibility index (Phi) is 2.83. The van der Waals surface area contributed by atoms with Gasteiger partial charge in [0.15, 0.2) is 0 Å². The second kappa shape index (κ2) is 4.14. The van der Waals surface area contributed by atoms with Crippen LogP contribution in [0.1, 0.15) is 31.4 Å². The molecular weight excluding hydrogens is 202 g/mol. The summed E-state index contributed by atoms with van der Waals surface area (Å²) in [5.41, 5.74) is 2.32. The van der Waals surface area contributed by atoms with Crippen LogP contribution in [0, 0.1) is 0 Å². The van der Waals surface area contributed by atoms with Crippen LogP contribution in [0.5, 0.6) is 5.75 Å². The highest BCUT2D eigenvalue weighted by Gasteiger charge is 2.27. The number of aromatic amines is 1. The minimum Gasteiger partial charge on any atom is -0.494 e. The molecule has 1 aliphatic rings. The summed E-state index contributed by atoms with van der Waals surface area (Å²) in [6, 6.07) is 6.13. The molecule has 0 spiro atoms. The first kappa shape index (κ1) is 11.0. The molecule has 0 bridgehead atoms. The lowest BCUT2D eigenvalue weighted by molar-refractivity contribution is 0.340. The standard InChI is InChI=1S/C12H14N2O.H3N/c1-2-15-9-5-6-10-11(7-9)13-14-12(10)8-3-4-8;/h5-8H,2-4H2,1H3,(H,13,14);1H3. The Hall–Kier alpha value is -1.55. The van der Waals surface area contributed by atoms with Crippen molar-refractivity contribution in [2.45, 2.75) is 25.7 Å². The number of fused-ring (bicyclic) bond motifs is 1. The van der Waals surface area contributed by atoms with Crippen LogP contribution in [0.15, 0.2) is 18.2 Å². The second-order valence-electron chi connectivity index (χ2n) is 4.02. The van der Waals surface area contributed by atoms with Gasteiger partial charge in [0.25, 0.3) is 0 Å². The topological polar surface area (TPSA) is 72.9 Å². The average molecular weight is 219 g/mol. The third-order valence-electron chi connectivity index (χ3n) is 2.85. The maximum Gasteiger partial charge on any atom is 0.121 e. The molecule has 0 radical (unpaired) electrons. The molecule has 2 aromatic rings. The van der Waals surface area contributed by atoms with E-state index in [-0.39, 0.29) is 6.15 Å². The summed E-state index contributed by atoms with van der Waals surface area (Å²) in [7, 11) is 0. The van der Waals surface area contributed by atoms with Crippen LogP contribution in [0.25, 0.3) is 10.9 Å². The molecule has 4 N–H and O–H groups in total. The monoisotopic (exact) mass is 219 g/mol. The number of ether oxygens (including phenoxy) is 1. The van der Waals surface area contributed by atoms with E-state index < -0.39 is 0 Å². The van der Waals surface area contributed by atoms with E-state index in [1.807, 2.05) is 19.1 Å². The van der Waals surface area contributed by atoms with Crippen LogP contribution < -0.4 is 10.9 Å². The Labute approximate surface area is 94.6 Å². The molecule has 16 heavy (non-hydrogen) atoms. The largest absolute Gasteiger partial charge is 0.494 e. The molecule has 0 saturated heterocycles. The molecule has 4 nitrogen and oxygen atoms in total. The Morgan fingerprint density at radius 1 is 1.44 bits per heavy atom. The zero-order chi connectivity index (χ0) is 10.3. The molecule has 1 saturated carbocycles. The van der Waals surface area contributed by atoms with Crippen molar-refractivity contribution < 1.29 is 4.74 Å². The molecule has 1 fully saturated rings. The van der Waals surface area contributed by atoms with Crippen LogP contribution in [-0.4, -0.2) is 16.8 Å². The first-order chi connectivity index (χ1) is 7.38. The molecule has 1 heterocycles. The average Bonchev–Trinajstić information content (AvgIpc) is 3.00. The molecule has 4 heteroatoms. The number of nitrogens with one attached hydrogen (secondary N) is 1. The lowest BCUT2D eigenvalue weighted by Crippen LogP contribution is -1.90. The first-order valence-electron chi connectivity index (χ1n) is 5.49. The number of hydrogen-bond acceptors (Lipinski definition) is 3. The molecule has 1 aromatic heterocycles. The van der Waals surface area contributed by atoms with E-state index in [0.717, 1.165) is 11.3 Å². The Balaban J connectivity index is 0.000000963. The van der Waals surface area contributed by atoms with Gasteiger partial charge in [-0.15, -0.1) is 0 Å². The fourth-order valence-electron chi connectivity index (χ4n) is 1.95. The molecule has 1 aliphatic carbocycles. The molecule has 0 unspecified atom stereocenters. The van der Waals surface area contributed by atoms with Gasteiger partial charge in [-0.2, -0.15) is 5.10 Å². The van der Waals surface area contributed by atoms with E-state index in [4.69, 9.17) is 4.74 Å². The minimum atomic E-state index is 0. The SMILES string of the molecule is CCOc1ccc2c(C3CC3)[nH]nc2c1.N. The minimum absolute atomic E-state index is 0. The zero-order valence-corrected chi connectivity index (χ0v) is 9.49. The van der Waals surface area contributed by atoms with Crippen LogP contribution in [0.4, 0.5) is 0 Å². The van der Waals surface area contributed by atoms with Crippen LogP contribution in [0.2, 0.25) is 0 Å². The molecule has 0 amide bonds. The molecule has 0 atom stereocenters. The number of rotatable bonds is 3. The summed E-state index contributed by atoms with van der Waals surface area (Å²) in [5.74, 6) is 1.62. The fraction of sp³-hybridized carbons (Fsp3) is 0.417. The summed E-state index contributed by atoms with van der Waals surface area (Å²) < 4.78 is 5.45. The van der Waals surface area contributed by atoms with Gasteiger partial charge in [0.05, 0.1) is 12.1 Å². The lowest BCUT2D eigenvalue weighted by Gasteiger charge is -2.01. The highest BCUT2D eigenvalue weighted by atomic mass is 16.5. The number of benzene rings is 1. The zero-order valence-electron chi connectivity index (χ0n) is 9.49. The highest BCUT2D eigenvalue weighted by Crippen LogP contribution is 2.42. The Morgan fingerprint density at radius 2 is 2.25 bits per heavy atom. The van der Waals surface area contributed by atoms with Crippen LogP contribution in [-0.2, 0) is 0 Å². The van der Waals surface area contributed by atoms with E-state index >= 15 is 0 Å². The van der Waals surface area contributed by atoms with Crippen molar-refractivity contribution in [3.05, 3.63) is 23.9 Å². The third-order valence-corrected chi connectivity index (χ3v) is 2.85. The van der Waals surface area contributed by atoms with Gasteiger partial charge in [-0.3, -0.25) is 5.10 Å². The van der Waals surface area contributed by atoms with Crippen LogP contribution >= 0.6 is 0 Å². The molecule has 1 aromatic carbocycles. The van der Waals surface area contributed by atoms with Crippen molar-refractivity contribution >= 4 is 10.9 Å². The number of hydrogen-bond donors (Lipinski definition) is 2. The summed E-state index contributed by atoms with van der Waals surface area (Å²) in [5, 5.41) is 8.71. The maximum atomic E-state index is 5.45. The number of aromatic nitrogens is 2. The van der Waals surface area contributed by atoms with Gasteiger partial charge in [-0.1, -0.05) is 0 Å². The van der Waals surface area contributed by atoms with E-state index in [9.17, 15) is 0 Å². The Morgan fingerprint density at radius 3 is 2.94 bits per heavy atom. The molecular formula is C12H17N3O. The predicted molar refractivity (Wildman–Crippen MR) is 64.3 cm³/mol. The van der Waals surface area contributed by atoms with Gasteiger partial charge in [0.1, 0.15) is 5.75 Å². The normalized spacial score (nSPS) is 14.8. The van der Waals surface area contributed by atoms with Gasteiger partial charge in [0.2, 0.25) is 0 Å². The number of nitrogens with zero attached hydrogens (tertiary/aromatic N) is 1. The second-order valence-corrected chi connectivity index (χ2v) is 4.02. The van der Waals surface area contributed by atoms with E-state index in [1.165, 1.54) is 23.9 Å². The van der Waals surface area contributed by atoms with Crippen molar-refractivity contribution in [1.29, 1.82) is 0 Å². The highest BCUT2D eigenvalue weighted by molar-refractivity contribution is 5.83.